The Bertz CT molecular complexity index is 1420. The van der Waals surface area contributed by atoms with Crippen LogP contribution in [0.15, 0.2) is 79.1 Å². The number of rotatable bonds is 7. The summed E-state index contributed by atoms with van der Waals surface area (Å²) in [6.07, 6.45) is 3.07. The first kappa shape index (κ1) is 23.6. The molecule has 0 amide bonds. The normalized spacial score (nSPS) is 14.9. The molecular weight excluding hydrogens is 450 g/mol. The van der Waals surface area contributed by atoms with E-state index in [0.717, 1.165) is 17.9 Å². The fourth-order valence-electron chi connectivity index (χ4n) is 5.00. The van der Waals surface area contributed by atoms with Gasteiger partial charge >= 0.3 is 5.97 Å². The summed E-state index contributed by atoms with van der Waals surface area (Å²) in [4.78, 5) is 17.9. The topological polar surface area (TPSA) is 74.7 Å². The second kappa shape index (κ2) is 9.84. The molecule has 0 aliphatic carbocycles. The number of benzene rings is 3. The molecule has 6 heteroatoms. The number of pyridine rings is 1. The molecule has 0 fully saturated rings. The maximum atomic E-state index is 11.5. The molecule has 6 nitrogen and oxygen atoms in total. The summed E-state index contributed by atoms with van der Waals surface area (Å²) in [5.74, 6) is -0.107. The number of anilines is 1. The van der Waals surface area contributed by atoms with E-state index in [4.69, 9.17) is 4.74 Å². The number of aromatic carboxylic acids is 1. The Morgan fingerprint density at radius 1 is 1.06 bits per heavy atom. The molecule has 2 heterocycles. The number of hydrogen-bond acceptors (Lipinski definition) is 5. The molecule has 182 valence electrons. The van der Waals surface area contributed by atoms with E-state index in [0.29, 0.717) is 12.2 Å². The van der Waals surface area contributed by atoms with E-state index < -0.39 is 5.97 Å². The number of likely N-dealkylation sites (N-methyl/N-ethyl adjacent to an activating group) is 1. The van der Waals surface area contributed by atoms with Crippen LogP contribution in [0.3, 0.4) is 0 Å². The predicted molar refractivity (Wildman–Crippen MR) is 142 cm³/mol. The molecule has 1 aromatic heterocycles. The monoisotopic (exact) mass is 479 g/mol. The zero-order valence-corrected chi connectivity index (χ0v) is 20.7. The van der Waals surface area contributed by atoms with Gasteiger partial charge in [-0.2, -0.15) is 0 Å². The van der Waals surface area contributed by atoms with E-state index in [2.05, 4.69) is 77.7 Å². The van der Waals surface area contributed by atoms with E-state index in [-0.39, 0.29) is 11.6 Å². The van der Waals surface area contributed by atoms with Gasteiger partial charge in [0.15, 0.2) is 0 Å². The van der Waals surface area contributed by atoms with Crippen LogP contribution in [-0.4, -0.2) is 41.7 Å². The zero-order valence-electron chi connectivity index (χ0n) is 20.7. The third-order valence-electron chi connectivity index (χ3n) is 6.95. The molecular formula is C30H29N3O3. The highest BCUT2D eigenvalue weighted by molar-refractivity contribution is 5.93. The first-order valence-electron chi connectivity index (χ1n) is 11.9. The van der Waals surface area contributed by atoms with Crippen LogP contribution in [-0.2, 0) is 6.54 Å². The number of nitrogens with one attached hydrogen (secondary N) is 1. The van der Waals surface area contributed by atoms with Gasteiger partial charge in [-0.25, -0.2) is 4.79 Å². The second-order valence-corrected chi connectivity index (χ2v) is 9.21. The summed E-state index contributed by atoms with van der Waals surface area (Å²) in [5, 5.41) is 12.7. The molecule has 1 aliphatic rings. The van der Waals surface area contributed by atoms with E-state index in [9.17, 15) is 9.90 Å². The summed E-state index contributed by atoms with van der Waals surface area (Å²) in [6.45, 7) is 3.60. The molecule has 0 saturated heterocycles. The highest BCUT2D eigenvalue weighted by atomic mass is 16.5. The van der Waals surface area contributed by atoms with Crippen LogP contribution >= 0.6 is 0 Å². The van der Waals surface area contributed by atoms with Crippen molar-refractivity contribution in [1.82, 2.24) is 9.88 Å². The van der Waals surface area contributed by atoms with Gasteiger partial charge in [-0.1, -0.05) is 42.5 Å². The van der Waals surface area contributed by atoms with Gasteiger partial charge in [0.05, 0.1) is 30.6 Å². The van der Waals surface area contributed by atoms with Crippen molar-refractivity contribution in [2.24, 2.45) is 0 Å². The van der Waals surface area contributed by atoms with Gasteiger partial charge in [0, 0.05) is 19.3 Å². The van der Waals surface area contributed by atoms with Gasteiger partial charge in [-0.15, -0.1) is 0 Å². The average Bonchev–Trinajstić information content (AvgIpc) is 3.21. The summed E-state index contributed by atoms with van der Waals surface area (Å²) in [5.41, 5.74) is 9.33. The van der Waals surface area contributed by atoms with Crippen LogP contribution in [0.1, 0.15) is 33.1 Å². The quantitative estimate of drug-likeness (QED) is 0.337. The number of aromatic nitrogens is 1. The lowest BCUT2D eigenvalue weighted by Gasteiger charge is -2.22. The molecule has 0 spiro atoms. The van der Waals surface area contributed by atoms with Crippen LogP contribution in [0.25, 0.3) is 22.3 Å². The molecule has 0 radical (unpaired) electrons. The number of aryl methyl sites for hydroxylation is 1. The summed E-state index contributed by atoms with van der Waals surface area (Å²) in [7, 11) is 3.78. The van der Waals surface area contributed by atoms with Crippen LogP contribution in [0.4, 0.5) is 5.69 Å². The highest BCUT2D eigenvalue weighted by Gasteiger charge is 2.28. The minimum atomic E-state index is -0.960. The minimum Gasteiger partial charge on any atom is -0.497 e. The number of fused-ring (bicyclic) bond motifs is 1. The van der Waals surface area contributed by atoms with Crippen molar-refractivity contribution in [2.75, 3.05) is 26.0 Å². The fourth-order valence-corrected chi connectivity index (χ4v) is 5.00. The van der Waals surface area contributed by atoms with E-state index >= 15 is 0 Å². The lowest BCUT2D eigenvalue weighted by Crippen LogP contribution is -2.24. The summed E-state index contributed by atoms with van der Waals surface area (Å²) in [6, 6.07) is 23.1. The van der Waals surface area contributed by atoms with Gasteiger partial charge in [0.25, 0.3) is 0 Å². The number of ether oxygens (including phenoxy) is 1. The Kier molecular flexibility index (Phi) is 6.44. The van der Waals surface area contributed by atoms with Crippen LogP contribution < -0.4 is 10.1 Å². The van der Waals surface area contributed by atoms with Crippen LogP contribution in [0.5, 0.6) is 5.75 Å². The first-order chi connectivity index (χ1) is 17.4. The molecule has 2 N–H and O–H groups in total. The van der Waals surface area contributed by atoms with Gasteiger partial charge in [-0.05, 0) is 77.2 Å². The lowest BCUT2D eigenvalue weighted by atomic mass is 9.93. The SMILES string of the molecule is COc1ccc(-c2ccc(-c3ccc4c(c3)CN(C)[C@@H]4CNc3cnccc3C(=O)O)c(C)c2)cc1. The molecule has 0 saturated carbocycles. The summed E-state index contributed by atoms with van der Waals surface area (Å²) < 4.78 is 5.28. The third-order valence-corrected chi connectivity index (χ3v) is 6.95. The molecule has 1 atom stereocenters. The van der Waals surface area contributed by atoms with Crippen molar-refractivity contribution in [3.63, 3.8) is 0 Å². The highest BCUT2D eigenvalue weighted by Crippen LogP contribution is 2.37. The molecule has 5 rings (SSSR count). The molecule has 3 aromatic carbocycles. The Balaban J connectivity index is 1.36. The number of nitrogens with zero attached hydrogens (tertiary/aromatic N) is 2. The lowest BCUT2D eigenvalue weighted by molar-refractivity contribution is 0.0697. The first-order valence-corrected chi connectivity index (χ1v) is 11.9. The van der Waals surface area contributed by atoms with Crippen LogP contribution in [0, 0.1) is 6.92 Å². The van der Waals surface area contributed by atoms with E-state index in [1.54, 1.807) is 13.3 Å². The number of hydrogen-bond donors (Lipinski definition) is 2. The number of methoxy groups -OCH3 is 1. The van der Waals surface area contributed by atoms with Crippen LogP contribution in [0.2, 0.25) is 0 Å². The number of carboxylic acids is 1. The summed E-state index contributed by atoms with van der Waals surface area (Å²) >= 11 is 0. The van der Waals surface area contributed by atoms with Crippen molar-refractivity contribution >= 4 is 11.7 Å². The maximum Gasteiger partial charge on any atom is 0.337 e. The van der Waals surface area contributed by atoms with E-state index in [1.165, 1.54) is 45.6 Å². The van der Waals surface area contributed by atoms with Crippen molar-refractivity contribution in [3.05, 3.63) is 101 Å². The Morgan fingerprint density at radius 2 is 1.81 bits per heavy atom. The predicted octanol–water partition coefficient (Wildman–Crippen LogP) is 6.03. The molecule has 1 aliphatic heterocycles. The molecule has 4 aromatic rings. The number of carboxylic acid groups (broad SMARTS) is 1. The molecule has 0 unspecified atom stereocenters. The Hall–Kier alpha value is -4.16. The zero-order chi connectivity index (χ0) is 25.2. The minimum absolute atomic E-state index is 0.148. The van der Waals surface area contributed by atoms with Gasteiger partial charge in [0.2, 0.25) is 0 Å². The molecule has 36 heavy (non-hydrogen) atoms. The standard InChI is InChI=1S/C30H29N3O3/c1-19-14-21(20-4-8-24(36-3)9-5-20)6-10-25(19)22-7-11-26-23(15-22)18-33(2)29(26)17-32-28-16-31-13-12-27(28)30(34)35/h4-16,29,32H,17-18H2,1-3H3,(H,34,35)/t29-/m1/s1. The van der Waals surface area contributed by atoms with Crippen molar-refractivity contribution in [2.45, 2.75) is 19.5 Å². The Labute approximate surface area is 211 Å². The Morgan fingerprint density at radius 3 is 2.53 bits per heavy atom. The second-order valence-electron chi connectivity index (χ2n) is 9.21. The maximum absolute atomic E-state index is 11.5. The van der Waals surface area contributed by atoms with Crippen molar-refractivity contribution in [1.29, 1.82) is 0 Å². The molecule has 0 bridgehead atoms. The largest absolute Gasteiger partial charge is 0.497 e. The number of carbonyl (C=O) groups is 1. The van der Waals surface area contributed by atoms with Gasteiger partial charge in [-0.3, -0.25) is 9.88 Å². The van der Waals surface area contributed by atoms with Gasteiger partial charge < -0.3 is 15.2 Å². The van der Waals surface area contributed by atoms with Gasteiger partial charge in [0.1, 0.15) is 5.75 Å². The van der Waals surface area contributed by atoms with E-state index in [1.807, 2.05) is 12.1 Å². The fraction of sp³-hybridized carbons (Fsp3) is 0.200. The van der Waals surface area contributed by atoms with Crippen molar-refractivity contribution in [3.8, 4) is 28.0 Å². The average molecular weight is 480 g/mol. The smallest absolute Gasteiger partial charge is 0.337 e. The van der Waals surface area contributed by atoms with Crippen molar-refractivity contribution < 1.29 is 14.6 Å². The third kappa shape index (κ3) is 4.55.